The molecule has 1 heteroatoms. The monoisotopic (exact) mass is 439 g/mol. The smallest absolute Gasteiger partial charge is 0.0462 e. The highest BCUT2D eigenvalue weighted by Gasteiger charge is 2.23. The molecular formula is C33H29N. The Morgan fingerprint density at radius 1 is 0.382 bits per heavy atom. The van der Waals surface area contributed by atoms with Gasteiger partial charge in [-0.2, -0.15) is 0 Å². The normalized spacial score (nSPS) is 11.2. The van der Waals surface area contributed by atoms with Gasteiger partial charge in [-0.25, -0.2) is 0 Å². The molecule has 1 nitrogen and oxygen atoms in total. The minimum absolute atomic E-state index is 0.0608. The average molecular weight is 440 g/mol. The first-order valence-corrected chi connectivity index (χ1v) is 11.8. The largest absolute Gasteiger partial charge is 0.311 e. The van der Waals surface area contributed by atoms with Gasteiger partial charge in [0.2, 0.25) is 0 Å². The molecule has 0 aliphatic rings. The molecule has 0 unspecified atom stereocenters. The fourth-order valence-electron chi connectivity index (χ4n) is 4.51. The summed E-state index contributed by atoms with van der Waals surface area (Å²) in [5.74, 6) is 0. The number of para-hydroxylation sites is 1. The van der Waals surface area contributed by atoms with E-state index in [9.17, 15) is 0 Å². The lowest BCUT2D eigenvalue weighted by atomic mass is 9.78. The van der Waals surface area contributed by atoms with Gasteiger partial charge in [-0.1, -0.05) is 117 Å². The molecule has 5 aromatic carbocycles. The van der Waals surface area contributed by atoms with Crippen molar-refractivity contribution in [3.8, 4) is 11.1 Å². The highest BCUT2D eigenvalue weighted by Crippen LogP contribution is 2.38. The van der Waals surface area contributed by atoms with E-state index in [2.05, 4.69) is 158 Å². The van der Waals surface area contributed by atoms with Crippen molar-refractivity contribution in [1.82, 2.24) is 0 Å². The van der Waals surface area contributed by atoms with Gasteiger partial charge in [-0.15, -0.1) is 0 Å². The van der Waals surface area contributed by atoms with Crippen LogP contribution in [0.1, 0.15) is 25.0 Å². The van der Waals surface area contributed by atoms with Gasteiger partial charge in [0.05, 0.1) is 0 Å². The second-order valence-electron chi connectivity index (χ2n) is 9.12. The van der Waals surface area contributed by atoms with Crippen molar-refractivity contribution in [2.45, 2.75) is 19.3 Å². The predicted molar refractivity (Wildman–Crippen MR) is 145 cm³/mol. The van der Waals surface area contributed by atoms with E-state index >= 15 is 0 Å². The van der Waals surface area contributed by atoms with Gasteiger partial charge in [0.15, 0.2) is 0 Å². The van der Waals surface area contributed by atoms with Crippen molar-refractivity contribution < 1.29 is 0 Å². The maximum absolute atomic E-state index is 2.31. The van der Waals surface area contributed by atoms with E-state index in [4.69, 9.17) is 0 Å². The molecule has 0 saturated heterocycles. The molecule has 0 saturated carbocycles. The van der Waals surface area contributed by atoms with Crippen LogP contribution in [0.5, 0.6) is 0 Å². The summed E-state index contributed by atoms with van der Waals surface area (Å²) in [6, 6.07) is 49.6. The van der Waals surface area contributed by atoms with Crippen LogP contribution in [0.25, 0.3) is 11.1 Å². The van der Waals surface area contributed by atoms with E-state index in [1.807, 2.05) is 0 Å². The maximum Gasteiger partial charge on any atom is 0.0462 e. The minimum Gasteiger partial charge on any atom is -0.311 e. The Bertz CT molecular complexity index is 1320. The summed E-state index contributed by atoms with van der Waals surface area (Å²) in [5.41, 5.74) is 8.44. The van der Waals surface area contributed by atoms with Crippen molar-refractivity contribution in [2.24, 2.45) is 0 Å². The molecule has 34 heavy (non-hydrogen) atoms. The van der Waals surface area contributed by atoms with Crippen LogP contribution in [0, 0.1) is 0 Å². The number of nitrogens with zero attached hydrogens (tertiary/aromatic N) is 1. The molecule has 0 bridgehead atoms. The van der Waals surface area contributed by atoms with Crippen LogP contribution in [0.3, 0.4) is 0 Å². The fourth-order valence-corrected chi connectivity index (χ4v) is 4.51. The van der Waals surface area contributed by atoms with Crippen LogP contribution >= 0.6 is 0 Å². The van der Waals surface area contributed by atoms with Gasteiger partial charge in [0.25, 0.3) is 0 Å². The van der Waals surface area contributed by atoms with E-state index < -0.39 is 0 Å². The molecular weight excluding hydrogens is 410 g/mol. The SMILES string of the molecule is CC(C)(c1ccccc1)c1ccc(N(c2ccccc2)c2ccc(-c3ccccc3)cc2)cc1. The number of rotatable bonds is 6. The molecule has 0 aliphatic carbocycles. The van der Waals surface area contributed by atoms with Crippen molar-refractivity contribution in [2.75, 3.05) is 4.90 Å². The first kappa shape index (κ1) is 21.7. The Kier molecular flexibility index (Phi) is 6.01. The molecule has 0 aliphatic heterocycles. The lowest BCUT2D eigenvalue weighted by Crippen LogP contribution is -2.19. The second-order valence-corrected chi connectivity index (χ2v) is 9.12. The highest BCUT2D eigenvalue weighted by molar-refractivity contribution is 5.78. The highest BCUT2D eigenvalue weighted by atomic mass is 15.1. The van der Waals surface area contributed by atoms with Gasteiger partial charge >= 0.3 is 0 Å². The Balaban J connectivity index is 1.51. The number of anilines is 3. The quantitative estimate of drug-likeness (QED) is 0.255. The third-order valence-electron chi connectivity index (χ3n) is 6.59. The zero-order valence-electron chi connectivity index (χ0n) is 19.7. The first-order valence-electron chi connectivity index (χ1n) is 11.8. The van der Waals surface area contributed by atoms with Gasteiger partial charge < -0.3 is 4.90 Å². The molecule has 166 valence electrons. The van der Waals surface area contributed by atoms with E-state index in [1.54, 1.807) is 0 Å². The topological polar surface area (TPSA) is 3.24 Å². The minimum atomic E-state index is -0.0608. The van der Waals surface area contributed by atoms with E-state index in [0.29, 0.717) is 0 Å². The van der Waals surface area contributed by atoms with Crippen molar-refractivity contribution in [3.05, 3.63) is 151 Å². The summed E-state index contributed by atoms with van der Waals surface area (Å²) in [7, 11) is 0. The van der Waals surface area contributed by atoms with Crippen LogP contribution in [0.15, 0.2) is 140 Å². The number of benzene rings is 5. The van der Waals surface area contributed by atoms with E-state index in [1.165, 1.54) is 22.3 Å². The average Bonchev–Trinajstić information content (AvgIpc) is 2.91. The molecule has 5 rings (SSSR count). The first-order chi connectivity index (χ1) is 16.6. The molecule has 0 radical (unpaired) electrons. The Labute approximate surface area is 203 Å². The summed E-state index contributed by atoms with van der Waals surface area (Å²) in [6.07, 6.45) is 0. The van der Waals surface area contributed by atoms with Crippen LogP contribution < -0.4 is 4.90 Å². The maximum atomic E-state index is 2.31. The molecule has 0 amide bonds. The second kappa shape index (κ2) is 9.41. The number of hydrogen-bond acceptors (Lipinski definition) is 1. The Hall–Kier alpha value is -4.10. The molecule has 0 N–H and O–H groups in total. The standard InChI is InChI=1S/C33H29N/c1-33(2,28-14-8-4-9-15-28)29-20-24-32(25-21-29)34(30-16-10-5-11-17-30)31-22-18-27(19-23-31)26-12-6-3-7-13-26/h3-25H,1-2H3. The van der Waals surface area contributed by atoms with Gasteiger partial charge in [0, 0.05) is 22.5 Å². The predicted octanol–water partition coefficient (Wildman–Crippen LogP) is 9.15. The fraction of sp³-hybridized carbons (Fsp3) is 0.0909. The molecule has 0 fully saturated rings. The van der Waals surface area contributed by atoms with Crippen LogP contribution in [-0.2, 0) is 5.41 Å². The Morgan fingerprint density at radius 3 is 1.32 bits per heavy atom. The summed E-state index contributed by atoms with van der Waals surface area (Å²) in [5, 5.41) is 0. The molecule has 0 aromatic heterocycles. The summed E-state index contributed by atoms with van der Waals surface area (Å²) in [4.78, 5) is 2.31. The number of hydrogen-bond donors (Lipinski definition) is 0. The van der Waals surface area contributed by atoms with Crippen molar-refractivity contribution in [1.29, 1.82) is 0 Å². The van der Waals surface area contributed by atoms with E-state index in [0.717, 1.165) is 17.1 Å². The van der Waals surface area contributed by atoms with Crippen molar-refractivity contribution in [3.63, 3.8) is 0 Å². The lowest BCUT2D eigenvalue weighted by Gasteiger charge is -2.29. The zero-order valence-corrected chi connectivity index (χ0v) is 19.7. The third-order valence-corrected chi connectivity index (χ3v) is 6.59. The lowest BCUT2D eigenvalue weighted by molar-refractivity contribution is 0.641. The van der Waals surface area contributed by atoms with Crippen LogP contribution in [0.2, 0.25) is 0 Å². The van der Waals surface area contributed by atoms with Gasteiger partial charge in [-0.05, 0) is 58.7 Å². The molecule has 5 aromatic rings. The summed E-state index contributed by atoms with van der Waals surface area (Å²) in [6.45, 7) is 4.57. The third kappa shape index (κ3) is 4.38. The van der Waals surface area contributed by atoms with Gasteiger partial charge in [0.1, 0.15) is 0 Å². The molecule has 0 heterocycles. The Morgan fingerprint density at radius 2 is 0.765 bits per heavy atom. The summed E-state index contributed by atoms with van der Waals surface area (Å²) >= 11 is 0. The summed E-state index contributed by atoms with van der Waals surface area (Å²) < 4.78 is 0. The van der Waals surface area contributed by atoms with Gasteiger partial charge in [-0.3, -0.25) is 0 Å². The van der Waals surface area contributed by atoms with Crippen molar-refractivity contribution >= 4 is 17.1 Å². The van der Waals surface area contributed by atoms with Crippen LogP contribution in [-0.4, -0.2) is 0 Å². The molecule has 0 spiro atoms. The van der Waals surface area contributed by atoms with Crippen LogP contribution in [0.4, 0.5) is 17.1 Å². The van der Waals surface area contributed by atoms with E-state index in [-0.39, 0.29) is 5.41 Å². The molecule has 0 atom stereocenters. The zero-order chi connectivity index (χ0) is 23.4.